The highest BCUT2D eigenvalue weighted by atomic mass is 32.1. The van der Waals surface area contributed by atoms with E-state index < -0.39 is 0 Å². The number of aromatic nitrogens is 1. The maximum Gasteiger partial charge on any atom is 0.0935 e. The highest BCUT2D eigenvalue weighted by Crippen LogP contribution is 2.46. The molecule has 3 nitrogen and oxygen atoms in total. The van der Waals surface area contributed by atoms with Gasteiger partial charge in [-0.05, 0) is 79.0 Å². The SMILES string of the molecule is CN(CCO)CC1CCCC(Cc2nc(-c3ccc4c(c3)C(C)(C)CCC4(C)C)cs2)CC1. The van der Waals surface area contributed by atoms with Gasteiger partial charge < -0.3 is 10.0 Å². The minimum Gasteiger partial charge on any atom is -0.395 e. The van der Waals surface area contributed by atoms with Gasteiger partial charge in [-0.15, -0.1) is 11.3 Å². The Kier molecular flexibility index (Phi) is 7.67. The van der Waals surface area contributed by atoms with E-state index in [1.807, 2.05) is 11.3 Å². The predicted molar refractivity (Wildman–Crippen MR) is 141 cm³/mol. The average molecular weight is 469 g/mol. The topological polar surface area (TPSA) is 36.4 Å². The molecule has 1 fully saturated rings. The van der Waals surface area contributed by atoms with Crippen LogP contribution in [-0.4, -0.2) is 41.7 Å². The predicted octanol–water partition coefficient (Wildman–Crippen LogP) is 6.82. The van der Waals surface area contributed by atoms with E-state index in [1.165, 1.54) is 66.6 Å². The zero-order valence-electron chi connectivity index (χ0n) is 21.5. The lowest BCUT2D eigenvalue weighted by atomic mass is 9.63. The molecule has 0 spiro atoms. The van der Waals surface area contributed by atoms with Crippen molar-refractivity contribution in [3.05, 3.63) is 39.7 Å². The van der Waals surface area contributed by atoms with Crippen LogP contribution in [0.1, 0.15) is 88.8 Å². The third-order valence-corrected chi connectivity index (χ3v) is 9.29. The summed E-state index contributed by atoms with van der Waals surface area (Å²) >= 11 is 1.85. The molecule has 33 heavy (non-hydrogen) atoms. The summed E-state index contributed by atoms with van der Waals surface area (Å²) in [6.07, 6.45) is 10.3. The number of hydrogen-bond acceptors (Lipinski definition) is 4. The fraction of sp³-hybridized carbons (Fsp3) is 0.690. The molecule has 1 aromatic carbocycles. The van der Waals surface area contributed by atoms with Crippen molar-refractivity contribution in [2.75, 3.05) is 26.7 Å². The summed E-state index contributed by atoms with van der Waals surface area (Å²) in [6.45, 7) is 11.8. The Labute approximate surface area is 205 Å². The molecular weight excluding hydrogens is 424 g/mol. The van der Waals surface area contributed by atoms with Crippen molar-refractivity contribution >= 4 is 11.3 Å². The molecule has 0 aliphatic heterocycles. The number of rotatable bonds is 7. The Morgan fingerprint density at radius 2 is 1.70 bits per heavy atom. The smallest absolute Gasteiger partial charge is 0.0935 e. The molecule has 1 N–H and O–H groups in total. The van der Waals surface area contributed by atoms with Gasteiger partial charge in [0.05, 0.1) is 17.3 Å². The number of aliphatic hydroxyl groups is 1. The van der Waals surface area contributed by atoms with Gasteiger partial charge in [-0.1, -0.05) is 52.7 Å². The molecule has 1 saturated carbocycles. The fourth-order valence-electron chi connectivity index (χ4n) is 6.08. The molecule has 182 valence electrons. The van der Waals surface area contributed by atoms with Crippen LogP contribution in [0.3, 0.4) is 0 Å². The van der Waals surface area contributed by atoms with Gasteiger partial charge in [0.1, 0.15) is 0 Å². The summed E-state index contributed by atoms with van der Waals surface area (Å²) in [4.78, 5) is 7.40. The van der Waals surface area contributed by atoms with E-state index in [2.05, 4.69) is 63.2 Å². The number of likely N-dealkylation sites (N-methyl/N-ethyl adjacent to an activating group) is 1. The van der Waals surface area contributed by atoms with Crippen LogP contribution < -0.4 is 0 Å². The first-order chi connectivity index (χ1) is 15.7. The van der Waals surface area contributed by atoms with Gasteiger partial charge in [-0.25, -0.2) is 4.98 Å². The second-order valence-electron chi connectivity index (χ2n) is 12.1. The van der Waals surface area contributed by atoms with Crippen LogP contribution in [0.2, 0.25) is 0 Å². The quantitative estimate of drug-likeness (QED) is 0.453. The molecule has 2 atom stereocenters. The van der Waals surface area contributed by atoms with Crippen molar-refractivity contribution in [3.63, 3.8) is 0 Å². The lowest BCUT2D eigenvalue weighted by Crippen LogP contribution is -2.33. The van der Waals surface area contributed by atoms with Gasteiger partial charge in [0.15, 0.2) is 0 Å². The second kappa shape index (κ2) is 10.2. The highest BCUT2D eigenvalue weighted by molar-refractivity contribution is 7.09. The second-order valence-corrected chi connectivity index (χ2v) is 13.0. The van der Waals surface area contributed by atoms with Crippen LogP contribution in [0.4, 0.5) is 0 Å². The largest absolute Gasteiger partial charge is 0.395 e. The third-order valence-electron chi connectivity index (χ3n) is 8.42. The van der Waals surface area contributed by atoms with E-state index >= 15 is 0 Å². The van der Waals surface area contributed by atoms with E-state index in [0.29, 0.717) is 0 Å². The fourth-order valence-corrected chi connectivity index (χ4v) is 7.00. The maximum absolute atomic E-state index is 9.17. The molecule has 1 heterocycles. The average Bonchev–Trinajstić information content (AvgIpc) is 3.12. The molecule has 2 aliphatic rings. The summed E-state index contributed by atoms with van der Waals surface area (Å²) in [7, 11) is 2.14. The van der Waals surface area contributed by atoms with Gasteiger partial charge >= 0.3 is 0 Å². The monoisotopic (exact) mass is 468 g/mol. The molecule has 2 aliphatic carbocycles. The zero-order valence-corrected chi connectivity index (χ0v) is 22.3. The molecule has 0 saturated heterocycles. The number of nitrogens with zero attached hydrogens (tertiary/aromatic N) is 2. The molecule has 0 bridgehead atoms. The van der Waals surface area contributed by atoms with E-state index in [9.17, 15) is 5.11 Å². The summed E-state index contributed by atoms with van der Waals surface area (Å²) in [5.41, 5.74) is 5.99. The first kappa shape index (κ1) is 24.9. The highest BCUT2D eigenvalue weighted by Gasteiger charge is 2.37. The number of fused-ring (bicyclic) bond motifs is 1. The van der Waals surface area contributed by atoms with Gasteiger partial charge in [0.25, 0.3) is 0 Å². The van der Waals surface area contributed by atoms with Gasteiger partial charge in [-0.3, -0.25) is 0 Å². The normalized spacial score (nSPS) is 24.5. The minimum absolute atomic E-state index is 0.238. The van der Waals surface area contributed by atoms with Gasteiger partial charge in [-0.2, -0.15) is 0 Å². The van der Waals surface area contributed by atoms with Crippen LogP contribution in [0.15, 0.2) is 23.6 Å². The van der Waals surface area contributed by atoms with Crippen LogP contribution >= 0.6 is 11.3 Å². The Hall–Kier alpha value is -1.23. The number of benzene rings is 1. The summed E-state index contributed by atoms with van der Waals surface area (Å²) < 4.78 is 0. The molecule has 4 heteroatoms. The van der Waals surface area contributed by atoms with E-state index in [-0.39, 0.29) is 17.4 Å². The van der Waals surface area contributed by atoms with Crippen LogP contribution in [0.25, 0.3) is 11.3 Å². The van der Waals surface area contributed by atoms with Crippen molar-refractivity contribution in [1.29, 1.82) is 0 Å². The van der Waals surface area contributed by atoms with Crippen molar-refractivity contribution in [2.45, 2.75) is 89.9 Å². The van der Waals surface area contributed by atoms with Crippen LogP contribution in [0, 0.1) is 11.8 Å². The molecule has 2 unspecified atom stereocenters. The molecule has 2 aromatic rings. The molecule has 4 rings (SSSR count). The standard InChI is InChI=1S/C29H44N2OS/c1-28(2)13-14-29(3,4)25-18-23(11-12-24(25)28)26-20-33-27(30-26)17-21-7-6-8-22(10-9-21)19-31(5)15-16-32/h11-12,18,20-22,32H,6-10,13-17,19H2,1-5H3. The van der Waals surface area contributed by atoms with Gasteiger partial charge in [0, 0.05) is 30.5 Å². The van der Waals surface area contributed by atoms with E-state index in [0.717, 1.165) is 37.0 Å². The number of hydrogen-bond donors (Lipinski definition) is 1. The molecular formula is C29H44N2OS. The summed E-state index contributed by atoms with van der Waals surface area (Å²) in [5.74, 6) is 1.54. The third kappa shape index (κ3) is 5.89. The lowest BCUT2D eigenvalue weighted by molar-refractivity contribution is 0.195. The van der Waals surface area contributed by atoms with Crippen molar-refractivity contribution < 1.29 is 5.11 Å². The first-order valence-corrected chi connectivity index (χ1v) is 13.9. The molecule has 1 aromatic heterocycles. The van der Waals surface area contributed by atoms with Crippen LogP contribution in [-0.2, 0) is 17.3 Å². The Morgan fingerprint density at radius 1 is 1.00 bits per heavy atom. The zero-order chi connectivity index (χ0) is 23.6. The summed E-state index contributed by atoms with van der Waals surface area (Å²) in [6, 6.07) is 7.12. The number of aliphatic hydroxyl groups excluding tert-OH is 1. The van der Waals surface area contributed by atoms with Gasteiger partial charge in [0.2, 0.25) is 0 Å². The molecule has 0 amide bonds. The Bertz CT molecular complexity index is 931. The lowest BCUT2D eigenvalue weighted by Gasteiger charge is -2.42. The first-order valence-electron chi connectivity index (χ1n) is 13.1. The summed E-state index contributed by atoms with van der Waals surface area (Å²) in [5, 5.41) is 12.8. The number of thiazole rings is 1. The van der Waals surface area contributed by atoms with Crippen molar-refractivity contribution in [2.24, 2.45) is 11.8 Å². The Morgan fingerprint density at radius 3 is 2.45 bits per heavy atom. The van der Waals surface area contributed by atoms with E-state index in [1.54, 1.807) is 0 Å². The van der Waals surface area contributed by atoms with E-state index in [4.69, 9.17) is 4.98 Å². The Balaban J connectivity index is 1.42. The van der Waals surface area contributed by atoms with Crippen LogP contribution in [0.5, 0.6) is 0 Å². The minimum atomic E-state index is 0.238. The van der Waals surface area contributed by atoms with Crippen molar-refractivity contribution in [1.82, 2.24) is 9.88 Å². The van der Waals surface area contributed by atoms with Crippen molar-refractivity contribution in [3.8, 4) is 11.3 Å². The molecule has 0 radical (unpaired) electrons. The maximum atomic E-state index is 9.17.